The quantitative estimate of drug-likeness (QED) is 0.605. The van der Waals surface area contributed by atoms with Crippen LogP contribution in [0.4, 0.5) is 24.8 Å². The first-order chi connectivity index (χ1) is 13.8. The summed E-state index contributed by atoms with van der Waals surface area (Å²) >= 11 is 0. The summed E-state index contributed by atoms with van der Waals surface area (Å²) in [6, 6.07) is 2.73. The van der Waals surface area contributed by atoms with Gasteiger partial charge in [-0.3, -0.25) is 14.3 Å². The van der Waals surface area contributed by atoms with Crippen LogP contribution in [-0.2, 0) is 0 Å². The molecule has 3 aromatic rings. The van der Waals surface area contributed by atoms with Gasteiger partial charge in [-0.1, -0.05) is 0 Å². The number of nitrogens with zero attached hydrogens (tertiary/aromatic N) is 4. The zero-order valence-corrected chi connectivity index (χ0v) is 15.2. The summed E-state index contributed by atoms with van der Waals surface area (Å²) in [5.41, 5.74) is 0.0556. The molecule has 1 atom stereocenters. The van der Waals surface area contributed by atoms with Gasteiger partial charge in [0.2, 0.25) is 5.95 Å². The van der Waals surface area contributed by atoms with Crippen LogP contribution < -0.4 is 16.6 Å². The average molecular weight is 409 g/mol. The molecule has 1 saturated heterocycles. The second-order valence-corrected chi connectivity index (χ2v) is 6.92. The van der Waals surface area contributed by atoms with Crippen molar-refractivity contribution in [3.8, 4) is 0 Å². The molecule has 0 spiro atoms. The number of hydrogen-bond donors (Lipinski definition) is 3. The van der Waals surface area contributed by atoms with Gasteiger partial charge in [-0.2, -0.15) is 18.2 Å². The van der Waals surface area contributed by atoms with E-state index in [0.29, 0.717) is 24.9 Å². The van der Waals surface area contributed by atoms with Gasteiger partial charge in [0, 0.05) is 12.7 Å². The maximum Gasteiger partial charge on any atom is 0.401 e. The molecule has 0 radical (unpaired) electrons. The molecule has 0 saturated carbocycles. The van der Waals surface area contributed by atoms with E-state index in [1.165, 1.54) is 21.9 Å². The van der Waals surface area contributed by atoms with Crippen molar-refractivity contribution in [2.75, 3.05) is 25.0 Å². The smallest absolute Gasteiger partial charge is 0.327 e. The highest BCUT2D eigenvalue weighted by atomic mass is 19.4. The minimum Gasteiger partial charge on any atom is -0.327 e. The number of likely N-dealkylation sites (tertiary alicyclic amines) is 1. The summed E-state index contributed by atoms with van der Waals surface area (Å²) in [6.07, 6.45) is -0.315. The fraction of sp³-hybridized carbons (Fsp3) is 0.412. The van der Waals surface area contributed by atoms with E-state index in [1.807, 2.05) is 0 Å². The van der Waals surface area contributed by atoms with Gasteiger partial charge in [0.05, 0.1) is 18.8 Å². The van der Waals surface area contributed by atoms with Crippen LogP contribution in [0.5, 0.6) is 0 Å². The van der Waals surface area contributed by atoms with E-state index < -0.39 is 24.5 Å². The molecule has 4 heterocycles. The number of aromatic nitrogens is 5. The van der Waals surface area contributed by atoms with Crippen molar-refractivity contribution < 1.29 is 13.2 Å². The largest absolute Gasteiger partial charge is 0.401 e. The van der Waals surface area contributed by atoms with Crippen LogP contribution in [0.2, 0.25) is 0 Å². The van der Waals surface area contributed by atoms with Crippen LogP contribution in [0.3, 0.4) is 0 Å². The van der Waals surface area contributed by atoms with Gasteiger partial charge in [-0.25, -0.2) is 9.78 Å². The highest BCUT2D eigenvalue weighted by Gasteiger charge is 2.34. The van der Waals surface area contributed by atoms with Gasteiger partial charge in [0.1, 0.15) is 11.2 Å². The molecule has 12 heteroatoms. The molecule has 1 aliphatic heterocycles. The first kappa shape index (κ1) is 19.2. The lowest BCUT2D eigenvalue weighted by molar-refractivity contribution is -0.149. The second-order valence-electron chi connectivity index (χ2n) is 6.92. The molecule has 1 unspecified atom stereocenters. The Kier molecular flexibility index (Phi) is 4.86. The second kappa shape index (κ2) is 7.35. The minimum absolute atomic E-state index is 0.0947. The summed E-state index contributed by atoms with van der Waals surface area (Å²) in [5, 5.41) is 2.79. The van der Waals surface area contributed by atoms with E-state index >= 15 is 0 Å². The summed E-state index contributed by atoms with van der Waals surface area (Å²) in [5.74, 6) is 0.102. The molecule has 1 fully saturated rings. The number of imidazole rings is 1. The summed E-state index contributed by atoms with van der Waals surface area (Å²) < 4.78 is 39.7. The lowest BCUT2D eigenvalue weighted by atomic mass is 10.1. The maximum absolute atomic E-state index is 12.8. The number of hydrogen-bond acceptors (Lipinski definition) is 6. The van der Waals surface area contributed by atoms with Crippen molar-refractivity contribution in [1.29, 1.82) is 0 Å². The molecule has 3 N–H and O–H groups in total. The Bertz CT molecular complexity index is 1130. The Labute approximate surface area is 161 Å². The number of anilines is 2. The van der Waals surface area contributed by atoms with Gasteiger partial charge in [-0.15, -0.1) is 0 Å². The van der Waals surface area contributed by atoms with Crippen molar-refractivity contribution in [2.24, 2.45) is 0 Å². The summed E-state index contributed by atoms with van der Waals surface area (Å²) in [7, 11) is 0. The summed E-state index contributed by atoms with van der Waals surface area (Å²) in [6.45, 7) is -0.595. The van der Waals surface area contributed by atoms with Crippen molar-refractivity contribution in [1.82, 2.24) is 29.4 Å². The number of aromatic amines is 2. The van der Waals surface area contributed by atoms with E-state index in [4.69, 9.17) is 0 Å². The number of H-pyrrole nitrogens is 2. The van der Waals surface area contributed by atoms with E-state index in [-0.39, 0.29) is 29.4 Å². The number of fused-ring (bicyclic) bond motifs is 1. The van der Waals surface area contributed by atoms with Crippen LogP contribution >= 0.6 is 0 Å². The van der Waals surface area contributed by atoms with Crippen LogP contribution in [-0.4, -0.2) is 55.2 Å². The Balaban J connectivity index is 1.65. The van der Waals surface area contributed by atoms with Crippen LogP contribution in [0.25, 0.3) is 11.2 Å². The molecule has 0 bridgehead atoms. The third-order valence-electron chi connectivity index (χ3n) is 4.77. The number of alkyl halides is 3. The first-order valence-electron chi connectivity index (χ1n) is 9.01. The Hall–Kier alpha value is -3.15. The predicted octanol–water partition coefficient (Wildman–Crippen LogP) is 1.75. The minimum atomic E-state index is -4.30. The van der Waals surface area contributed by atoms with Gasteiger partial charge in [0.25, 0.3) is 5.56 Å². The highest BCUT2D eigenvalue weighted by Crippen LogP contribution is 2.26. The molecular formula is C17H18F3N7O2. The zero-order valence-electron chi connectivity index (χ0n) is 15.2. The summed E-state index contributed by atoms with van der Waals surface area (Å²) in [4.78, 5) is 39.2. The monoisotopic (exact) mass is 409 g/mol. The molecule has 29 heavy (non-hydrogen) atoms. The lowest BCUT2D eigenvalue weighted by Crippen LogP contribution is -2.43. The van der Waals surface area contributed by atoms with E-state index in [0.717, 1.165) is 0 Å². The third kappa shape index (κ3) is 4.16. The van der Waals surface area contributed by atoms with Crippen LogP contribution in [0, 0.1) is 0 Å². The fourth-order valence-corrected chi connectivity index (χ4v) is 3.59. The van der Waals surface area contributed by atoms with Gasteiger partial charge >= 0.3 is 11.9 Å². The van der Waals surface area contributed by atoms with Gasteiger partial charge < -0.3 is 15.3 Å². The number of rotatable bonds is 4. The molecule has 0 aromatic carbocycles. The molecule has 0 amide bonds. The molecule has 154 valence electrons. The normalized spacial score (nSPS) is 18.2. The standard InChI is InChI=1S/C17H18F3N7O2/c18-17(19,20)9-26-6-2-3-10(8-26)27-13-12(24-16(27)29)7-22-15(25-13)23-11-4-1-5-21-14(11)28/h1,4-5,7,10H,2-3,6,8-9H2,(H,21,28)(H,24,29)(H,22,23,25). The average Bonchev–Trinajstić information content (AvgIpc) is 2.97. The van der Waals surface area contributed by atoms with Crippen LogP contribution in [0.15, 0.2) is 34.1 Å². The molecular weight excluding hydrogens is 391 g/mol. The molecule has 3 aromatic heterocycles. The van der Waals surface area contributed by atoms with Gasteiger partial charge in [0.15, 0.2) is 5.65 Å². The highest BCUT2D eigenvalue weighted by molar-refractivity contribution is 5.72. The molecule has 1 aliphatic rings. The zero-order chi connectivity index (χ0) is 20.6. The topological polar surface area (TPSA) is 112 Å². The number of nitrogens with one attached hydrogen (secondary N) is 3. The van der Waals surface area contributed by atoms with Crippen LogP contribution in [0.1, 0.15) is 18.9 Å². The predicted molar refractivity (Wildman–Crippen MR) is 99.3 cm³/mol. The Morgan fingerprint density at radius 2 is 2.14 bits per heavy atom. The van der Waals surface area contributed by atoms with E-state index in [1.54, 1.807) is 12.1 Å². The molecule has 9 nitrogen and oxygen atoms in total. The van der Waals surface area contributed by atoms with Crippen molar-refractivity contribution in [3.63, 3.8) is 0 Å². The maximum atomic E-state index is 12.8. The lowest BCUT2D eigenvalue weighted by Gasteiger charge is -2.33. The third-order valence-corrected chi connectivity index (χ3v) is 4.77. The van der Waals surface area contributed by atoms with Crippen molar-refractivity contribution in [2.45, 2.75) is 25.1 Å². The van der Waals surface area contributed by atoms with Gasteiger partial charge in [-0.05, 0) is 31.5 Å². The number of halogens is 3. The number of pyridine rings is 1. The van der Waals surface area contributed by atoms with E-state index in [2.05, 4.69) is 25.3 Å². The van der Waals surface area contributed by atoms with E-state index in [9.17, 15) is 22.8 Å². The fourth-order valence-electron chi connectivity index (χ4n) is 3.59. The molecule has 4 rings (SSSR count). The first-order valence-corrected chi connectivity index (χ1v) is 9.01. The SMILES string of the molecule is O=c1[nH]cccc1Nc1ncc2[nH]c(=O)n(C3CCCN(CC(F)(F)F)C3)c2n1. The Morgan fingerprint density at radius 3 is 2.90 bits per heavy atom. The molecule has 0 aliphatic carbocycles. The van der Waals surface area contributed by atoms with Crippen molar-refractivity contribution in [3.05, 3.63) is 45.4 Å². The van der Waals surface area contributed by atoms with Crippen molar-refractivity contribution >= 4 is 22.8 Å². The number of piperidine rings is 1. The Morgan fingerprint density at radius 1 is 1.31 bits per heavy atom.